The molecule has 30 heavy (non-hydrogen) atoms. The van der Waals surface area contributed by atoms with Gasteiger partial charge >= 0.3 is 0 Å². The summed E-state index contributed by atoms with van der Waals surface area (Å²) in [6.07, 6.45) is 1.96. The van der Waals surface area contributed by atoms with E-state index in [1.165, 1.54) is 0 Å². The third kappa shape index (κ3) is 5.07. The number of carbonyl (C=O) groups is 2. The number of piperidine rings is 1. The van der Waals surface area contributed by atoms with E-state index in [-0.39, 0.29) is 36.5 Å². The normalized spacial score (nSPS) is 20.7. The highest BCUT2D eigenvalue weighted by Crippen LogP contribution is 2.27. The lowest BCUT2D eigenvalue weighted by Crippen LogP contribution is -2.45. The maximum absolute atomic E-state index is 13.2. The molecule has 1 N–H and O–H groups in total. The van der Waals surface area contributed by atoms with E-state index in [1.807, 2.05) is 53.4 Å². The average Bonchev–Trinajstić information content (AvgIpc) is 3.35. The van der Waals surface area contributed by atoms with E-state index >= 15 is 0 Å². The largest absolute Gasteiger partial charge is 0.350 e. The predicted octanol–water partition coefficient (Wildman–Crippen LogP) is 3.16. The van der Waals surface area contributed by atoms with Crippen LogP contribution in [-0.2, 0) is 14.3 Å². The first kappa shape index (κ1) is 20.6. The molecule has 6 heteroatoms. The smallest absolute Gasteiger partial charge is 0.251 e. The molecular formula is C24H28N2O4. The van der Waals surface area contributed by atoms with Gasteiger partial charge in [0.1, 0.15) is 0 Å². The Morgan fingerprint density at radius 1 is 1.00 bits per heavy atom. The summed E-state index contributed by atoms with van der Waals surface area (Å²) in [7, 11) is 0. The zero-order chi connectivity index (χ0) is 20.8. The summed E-state index contributed by atoms with van der Waals surface area (Å²) < 4.78 is 11.3. The Balaban J connectivity index is 1.44. The molecule has 4 rings (SSSR count). The van der Waals surface area contributed by atoms with Crippen LogP contribution in [-0.4, -0.2) is 49.3 Å². The van der Waals surface area contributed by atoms with Crippen LogP contribution in [0.1, 0.15) is 41.2 Å². The summed E-state index contributed by atoms with van der Waals surface area (Å²) >= 11 is 0. The van der Waals surface area contributed by atoms with Crippen molar-refractivity contribution in [2.45, 2.75) is 31.6 Å². The van der Waals surface area contributed by atoms with Gasteiger partial charge in [-0.25, -0.2) is 0 Å². The lowest BCUT2D eigenvalue weighted by atomic mass is 9.96. The molecular weight excluding hydrogens is 380 g/mol. The summed E-state index contributed by atoms with van der Waals surface area (Å²) in [6.45, 7) is 2.61. The van der Waals surface area contributed by atoms with E-state index in [9.17, 15) is 9.59 Å². The van der Waals surface area contributed by atoms with Crippen LogP contribution in [0, 0.1) is 5.92 Å². The number of ether oxygens (including phenoxy) is 2. The van der Waals surface area contributed by atoms with Crippen LogP contribution in [0.2, 0.25) is 0 Å². The minimum atomic E-state index is -0.384. The summed E-state index contributed by atoms with van der Waals surface area (Å²) in [4.78, 5) is 27.8. The molecule has 2 amide bonds. The van der Waals surface area contributed by atoms with Crippen molar-refractivity contribution in [3.05, 3.63) is 71.8 Å². The van der Waals surface area contributed by atoms with E-state index in [0.29, 0.717) is 25.3 Å². The third-order valence-electron chi connectivity index (χ3n) is 5.77. The SMILES string of the molecule is O=C(NC(CC(=O)N1CCCC(C2OCCO2)C1)c1ccccc1)c1ccccc1. The van der Waals surface area contributed by atoms with Gasteiger partial charge < -0.3 is 19.7 Å². The van der Waals surface area contributed by atoms with Crippen LogP contribution in [0.25, 0.3) is 0 Å². The van der Waals surface area contributed by atoms with Crippen molar-refractivity contribution in [2.75, 3.05) is 26.3 Å². The van der Waals surface area contributed by atoms with Crippen molar-refractivity contribution in [2.24, 2.45) is 5.92 Å². The number of rotatable bonds is 6. The molecule has 0 aliphatic carbocycles. The van der Waals surface area contributed by atoms with Crippen molar-refractivity contribution < 1.29 is 19.1 Å². The zero-order valence-corrected chi connectivity index (χ0v) is 17.0. The van der Waals surface area contributed by atoms with Gasteiger partial charge in [-0.1, -0.05) is 48.5 Å². The molecule has 0 radical (unpaired) electrons. The predicted molar refractivity (Wildman–Crippen MR) is 113 cm³/mol. The van der Waals surface area contributed by atoms with Crippen LogP contribution in [0.3, 0.4) is 0 Å². The van der Waals surface area contributed by atoms with Crippen molar-refractivity contribution in [1.82, 2.24) is 10.2 Å². The van der Waals surface area contributed by atoms with Gasteiger partial charge in [-0.2, -0.15) is 0 Å². The molecule has 2 fully saturated rings. The molecule has 0 spiro atoms. The number of hydrogen-bond acceptors (Lipinski definition) is 4. The second-order valence-corrected chi connectivity index (χ2v) is 7.86. The standard InChI is InChI=1S/C24H28N2O4/c27-22(26-13-7-12-20(17-26)24-29-14-15-30-24)16-21(18-8-3-1-4-9-18)25-23(28)19-10-5-2-6-11-19/h1-6,8-11,20-21,24H,7,12-17H2,(H,25,28). The van der Waals surface area contributed by atoms with E-state index in [2.05, 4.69) is 5.32 Å². The number of amides is 2. The van der Waals surface area contributed by atoms with Gasteiger partial charge in [-0.3, -0.25) is 9.59 Å². The molecule has 2 aliphatic heterocycles. The van der Waals surface area contributed by atoms with E-state index in [0.717, 1.165) is 24.9 Å². The topological polar surface area (TPSA) is 67.9 Å². The zero-order valence-electron chi connectivity index (χ0n) is 17.0. The second kappa shape index (κ2) is 9.87. The van der Waals surface area contributed by atoms with Gasteiger partial charge in [0, 0.05) is 24.6 Å². The van der Waals surface area contributed by atoms with Gasteiger partial charge in [0.25, 0.3) is 5.91 Å². The van der Waals surface area contributed by atoms with Crippen molar-refractivity contribution >= 4 is 11.8 Å². The highest BCUT2D eigenvalue weighted by molar-refractivity contribution is 5.94. The fourth-order valence-electron chi connectivity index (χ4n) is 4.18. The third-order valence-corrected chi connectivity index (χ3v) is 5.77. The minimum absolute atomic E-state index is 0.0416. The summed E-state index contributed by atoms with van der Waals surface area (Å²) in [6, 6.07) is 18.4. The van der Waals surface area contributed by atoms with Gasteiger partial charge in [-0.05, 0) is 30.5 Å². The van der Waals surface area contributed by atoms with E-state index in [4.69, 9.17) is 9.47 Å². The first-order valence-electron chi connectivity index (χ1n) is 10.6. The van der Waals surface area contributed by atoms with Crippen LogP contribution >= 0.6 is 0 Å². The fourth-order valence-corrected chi connectivity index (χ4v) is 4.18. The van der Waals surface area contributed by atoms with Crippen LogP contribution in [0.5, 0.6) is 0 Å². The molecule has 2 aliphatic rings. The minimum Gasteiger partial charge on any atom is -0.350 e. The number of hydrogen-bond donors (Lipinski definition) is 1. The van der Waals surface area contributed by atoms with E-state index < -0.39 is 0 Å². The quantitative estimate of drug-likeness (QED) is 0.797. The summed E-state index contributed by atoms with van der Waals surface area (Å²) in [5.74, 6) is 0.0701. The number of benzene rings is 2. The van der Waals surface area contributed by atoms with E-state index in [1.54, 1.807) is 12.1 Å². The molecule has 0 bridgehead atoms. The molecule has 6 nitrogen and oxygen atoms in total. The Kier molecular flexibility index (Phi) is 6.77. The van der Waals surface area contributed by atoms with Crippen LogP contribution < -0.4 is 5.32 Å². The molecule has 2 heterocycles. The summed E-state index contributed by atoms with van der Waals surface area (Å²) in [5.41, 5.74) is 1.51. The molecule has 2 saturated heterocycles. The molecule has 0 aromatic heterocycles. The van der Waals surface area contributed by atoms with Gasteiger partial charge in [-0.15, -0.1) is 0 Å². The number of nitrogens with zero attached hydrogens (tertiary/aromatic N) is 1. The maximum atomic E-state index is 13.2. The average molecular weight is 408 g/mol. The van der Waals surface area contributed by atoms with Crippen molar-refractivity contribution in [3.63, 3.8) is 0 Å². The monoisotopic (exact) mass is 408 g/mol. The van der Waals surface area contributed by atoms with Crippen molar-refractivity contribution in [1.29, 1.82) is 0 Å². The van der Waals surface area contributed by atoms with Crippen LogP contribution in [0.4, 0.5) is 0 Å². The molecule has 2 aromatic carbocycles. The van der Waals surface area contributed by atoms with Gasteiger partial charge in [0.05, 0.1) is 25.7 Å². The first-order chi connectivity index (χ1) is 14.7. The Morgan fingerprint density at radius 3 is 2.37 bits per heavy atom. The maximum Gasteiger partial charge on any atom is 0.251 e. The highest BCUT2D eigenvalue weighted by atomic mass is 16.7. The Labute approximate surface area is 177 Å². The van der Waals surface area contributed by atoms with Gasteiger partial charge in [0.15, 0.2) is 6.29 Å². The number of likely N-dealkylation sites (tertiary alicyclic amines) is 1. The summed E-state index contributed by atoms with van der Waals surface area (Å²) in [5, 5.41) is 3.05. The lowest BCUT2D eigenvalue weighted by molar-refractivity contribution is -0.139. The molecule has 2 aromatic rings. The first-order valence-corrected chi connectivity index (χ1v) is 10.6. The number of carbonyl (C=O) groups excluding carboxylic acids is 2. The van der Waals surface area contributed by atoms with Gasteiger partial charge in [0.2, 0.25) is 5.91 Å². The Bertz CT molecular complexity index is 837. The molecule has 2 atom stereocenters. The highest BCUT2D eigenvalue weighted by Gasteiger charge is 2.33. The molecule has 0 saturated carbocycles. The van der Waals surface area contributed by atoms with Crippen LogP contribution in [0.15, 0.2) is 60.7 Å². The molecule has 158 valence electrons. The lowest BCUT2D eigenvalue weighted by Gasteiger charge is -2.35. The van der Waals surface area contributed by atoms with Crippen molar-refractivity contribution in [3.8, 4) is 0 Å². The number of nitrogens with one attached hydrogen (secondary N) is 1. The fraction of sp³-hybridized carbons (Fsp3) is 0.417. The molecule has 2 unspecified atom stereocenters. The Morgan fingerprint density at radius 2 is 1.67 bits per heavy atom. The second-order valence-electron chi connectivity index (χ2n) is 7.86. The Hall–Kier alpha value is -2.70.